The summed E-state index contributed by atoms with van der Waals surface area (Å²) in [6.45, 7) is 8.45. The van der Waals surface area contributed by atoms with E-state index >= 15 is 0 Å². The van der Waals surface area contributed by atoms with E-state index in [4.69, 9.17) is 21.1 Å². The number of hydrogen-bond donors (Lipinski definition) is 1. The molecule has 0 fully saturated rings. The molecule has 0 bridgehead atoms. The van der Waals surface area contributed by atoms with Crippen LogP contribution in [0.1, 0.15) is 38.6 Å². The molecule has 0 radical (unpaired) electrons. The molecule has 1 atom stereocenters. The zero-order valence-electron chi connectivity index (χ0n) is 17.0. The third-order valence-electron chi connectivity index (χ3n) is 4.08. The highest BCUT2D eigenvalue weighted by molar-refractivity contribution is 6.20. The number of carbonyl (C=O) groups excluding carboxylic acids is 1. The van der Waals surface area contributed by atoms with Crippen molar-refractivity contribution in [3.8, 4) is 5.75 Å². The van der Waals surface area contributed by atoms with E-state index in [0.717, 1.165) is 10.9 Å². The second kappa shape index (κ2) is 8.69. The molecule has 0 aliphatic carbocycles. The molecule has 1 aromatic carbocycles. The van der Waals surface area contributed by atoms with Gasteiger partial charge in [-0.3, -0.25) is 0 Å². The van der Waals surface area contributed by atoms with Crippen molar-refractivity contribution in [3.05, 3.63) is 48.3 Å². The summed E-state index contributed by atoms with van der Waals surface area (Å²) >= 11 is 6.59. The zero-order valence-corrected chi connectivity index (χ0v) is 17.7. The molecule has 2 aromatic heterocycles. The van der Waals surface area contributed by atoms with Gasteiger partial charge in [0.05, 0.1) is 42.0 Å². The monoisotopic (exact) mass is 416 g/mol. The highest BCUT2D eigenvalue weighted by Gasteiger charge is 2.22. The summed E-state index contributed by atoms with van der Waals surface area (Å²) in [5.41, 5.74) is 2.01. The van der Waals surface area contributed by atoms with Gasteiger partial charge in [0.15, 0.2) is 11.4 Å². The van der Waals surface area contributed by atoms with Crippen LogP contribution in [0.25, 0.3) is 11.0 Å². The molecule has 1 N–H and O–H groups in total. The minimum atomic E-state index is -0.775. The van der Waals surface area contributed by atoms with Crippen LogP contribution in [0.5, 0.6) is 5.75 Å². The van der Waals surface area contributed by atoms with Crippen molar-refractivity contribution >= 4 is 34.5 Å². The fourth-order valence-corrected chi connectivity index (χ4v) is 3.16. The number of hydrogen-bond acceptors (Lipinski definition) is 6. The molecule has 154 valence electrons. The van der Waals surface area contributed by atoms with E-state index in [0.29, 0.717) is 17.9 Å². The highest BCUT2D eigenvalue weighted by Crippen LogP contribution is 2.35. The Morgan fingerprint density at radius 1 is 1.24 bits per heavy atom. The molecule has 0 amide bonds. The Balaban J connectivity index is 1.97. The van der Waals surface area contributed by atoms with Gasteiger partial charge >= 0.3 is 6.16 Å². The van der Waals surface area contributed by atoms with Gasteiger partial charge in [0.2, 0.25) is 0 Å². The fraction of sp³-hybridized carbons (Fsp3) is 0.381. The number of anilines is 1. The van der Waals surface area contributed by atoms with E-state index < -0.39 is 6.16 Å². The minimum Gasteiger partial charge on any atom is -0.434 e. The molecule has 3 aromatic rings. The van der Waals surface area contributed by atoms with Crippen LogP contribution in [0.4, 0.5) is 10.5 Å². The Hall–Kier alpha value is -2.80. The average Bonchev–Trinajstić information content (AvgIpc) is 3.06. The maximum absolute atomic E-state index is 11.8. The first-order chi connectivity index (χ1) is 13.8. The highest BCUT2D eigenvalue weighted by atomic mass is 35.5. The van der Waals surface area contributed by atoms with E-state index in [1.54, 1.807) is 17.8 Å². The Kier molecular flexibility index (Phi) is 6.27. The quantitative estimate of drug-likeness (QED) is 0.442. The van der Waals surface area contributed by atoms with Gasteiger partial charge in [-0.05, 0) is 33.3 Å². The van der Waals surface area contributed by atoms with Crippen molar-refractivity contribution in [2.24, 2.45) is 0 Å². The van der Waals surface area contributed by atoms with Crippen LogP contribution >= 0.6 is 11.6 Å². The number of pyridine rings is 1. The molecule has 0 saturated carbocycles. The lowest BCUT2D eigenvalue weighted by atomic mass is 10.1. The fourth-order valence-electron chi connectivity index (χ4n) is 2.88. The summed E-state index contributed by atoms with van der Waals surface area (Å²) in [7, 11) is 0. The Morgan fingerprint density at radius 3 is 2.62 bits per heavy atom. The van der Waals surface area contributed by atoms with Crippen molar-refractivity contribution in [3.63, 3.8) is 0 Å². The van der Waals surface area contributed by atoms with Crippen molar-refractivity contribution in [1.29, 1.82) is 0 Å². The number of carbonyl (C=O) groups is 1. The number of halogens is 1. The third kappa shape index (κ3) is 5.17. The SMILES string of the molecule is CCOC(=O)Oc1cnc2c(cnn2CC(Cl)c2ccccc2)c1NC(C)(C)C. The van der Waals surface area contributed by atoms with Crippen LogP contribution in [-0.4, -0.2) is 33.1 Å². The molecule has 2 heterocycles. The smallest absolute Gasteiger partial charge is 0.434 e. The molecule has 0 aliphatic heterocycles. The van der Waals surface area contributed by atoms with Gasteiger partial charge in [0.25, 0.3) is 0 Å². The normalized spacial score (nSPS) is 12.6. The number of ether oxygens (including phenoxy) is 2. The first kappa shape index (κ1) is 20.9. The maximum atomic E-state index is 11.8. The van der Waals surface area contributed by atoms with Gasteiger partial charge in [0, 0.05) is 5.54 Å². The van der Waals surface area contributed by atoms with Crippen molar-refractivity contribution in [1.82, 2.24) is 14.8 Å². The predicted molar refractivity (Wildman–Crippen MR) is 114 cm³/mol. The molecule has 0 spiro atoms. The summed E-state index contributed by atoms with van der Waals surface area (Å²) in [4.78, 5) is 16.3. The molecule has 8 heteroatoms. The molecule has 7 nitrogen and oxygen atoms in total. The standard InChI is InChI=1S/C21H25ClN4O3/c1-5-28-20(27)29-17-12-23-19-15(18(17)25-21(2,3)4)11-24-26(19)13-16(22)14-9-7-6-8-10-14/h6-12,16H,5,13H2,1-4H3,(H,23,25). The summed E-state index contributed by atoms with van der Waals surface area (Å²) < 4.78 is 12.0. The number of nitrogens with zero attached hydrogens (tertiary/aromatic N) is 3. The Labute approximate surface area is 175 Å². The number of nitrogens with one attached hydrogen (secondary N) is 1. The zero-order chi connectivity index (χ0) is 21.0. The maximum Gasteiger partial charge on any atom is 0.513 e. The van der Waals surface area contributed by atoms with E-state index in [-0.39, 0.29) is 23.3 Å². The van der Waals surface area contributed by atoms with Crippen LogP contribution in [0.3, 0.4) is 0 Å². The van der Waals surface area contributed by atoms with Gasteiger partial charge < -0.3 is 14.8 Å². The molecule has 3 rings (SSSR count). The van der Waals surface area contributed by atoms with Crippen LogP contribution in [0.15, 0.2) is 42.7 Å². The lowest BCUT2D eigenvalue weighted by Gasteiger charge is -2.24. The van der Waals surface area contributed by atoms with Crippen molar-refractivity contribution in [2.45, 2.75) is 45.2 Å². The third-order valence-corrected chi connectivity index (χ3v) is 4.47. The largest absolute Gasteiger partial charge is 0.513 e. The van der Waals surface area contributed by atoms with Crippen LogP contribution in [0.2, 0.25) is 0 Å². The average molecular weight is 417 g/mol. The molecule has 0 saturated heterocycles. The first-order valence-corrected chi connectivity index (χ1v) is 9.88. The van der Waals surface area contributed by atoms with Gasteiger partial charge in [-0.1, -0.05) is 30.3 Å². The van der Waals surface area contributed by atoms with E-state index in [9.17, 15) is 4.79 Å². The number of alkyl halides is 1. The predicted octanol–water partition coefficient (Wildman–Crippen LogP) is 5.16. The topological polar surface area (TPSA) is 78.3 Å². The van der Waals surface area contributed by atoms with Crippen molar-refractivity contribution in [2.75, 3.05) is 11.9 Å². The van der Waals surface area contributed by atoms with Crippen LogP contribution in [-0.2, 0) is 11.3 Å². The van der Waals surface area contributed by atoms with Gasteiger partial charge in [-0.15, -0.1) is 11.6 Å². The number of benzene rings is 1. The number of fused-ring (bicyclic) bond motifs is 1. The second-order valence-corrected chi connectivity index (χ2v) is 8.13. The lowest BCUT2D eigenvalue weighted by molar-refractivity contribution is 0.104. The van der Waals surface area contributed by atoms with E-state index in [1.807, 2.05) is 51.1 Å². The molecular weight excluding hydrogens is 392 g/mol. The van der Waals surface area contributed by atoms with Crippen LogP contribution in [0, 0.1) is 0 Å². The Morgan fingerprint density at radius 2 is 1.97 bits per heavy atom. The van der Waals surface area contributed by atoms with Gasteiger partial charge in [-0.2, -0.15) is 5.10 Å². The molecule has 1 unspecified atom stereocenters. The summed E-state index contributed by atoms with van der Waals surface area (Å²) in [6.07, 6.45) is 2.42. The number of rotatable bonds is 6. The molecule has 29 heavy (non-hydrogen) atoms. The minimum absolute atomic E-state index is 0.227. The summed E-state index contributed by atoms with van der Waals surface area (Å²) in [5, 5.41) is 8.33. The van der Waals surface area contributed by atoms with E-state index in [1.165, 1.54) is 6.20 Å². The number of aromatic nitrogens is 3. The summed E-state index contributed by atoms with van der Waals surface area (Å²) in [6, 6.07) is 9.82. The Bertz CT molecular complexity index is 983. The molecule has 0 aliphatic rings. The van der Waals surface area contributed by atoms with Gasteiger partial charge in [0.1, 0.15) is 0 Å². The molecular formula is C21H25ClN4O3. The lowest BCUT2D eigenvalue weighted by Crippen LogP contribution is -2.27. The van der Waals surface area contributed by atoms with Crippen LogP contribution < -0.4 is 10.1 Å². The second-order valence-electron chi connectivity index (χ2n) is 7.60. The van der Waals surface area contributed by atoms with Crippen molar-refractivity contribution < 1.29 is 14.3 Å². The first-order valence-electron chi connectivity index (χ1n) is 9.45. The summed E-state index contributed by atoms with van der Waals surface area (Å²) in [5.74, 6) is 0.288. The van der Waals surface area contributed by atoms with E-state index in [2.05, 4.69) is 15.4 Å². The van der Waals surface area contributed by atoms with Gasteiger partial charge in [-0.25, -0.2) is 14.5 Å².